The fourth-order valence-electron chi connectivity index (χ4n) is 5.74. The van der Waals surface area contributed by atoms with Crippen LogP contribution in [0.25, 0.3) is 0 Å². The summed E-state index contributed by atoms with van der Waals surface area (Å²) in [7, 11) is 0. The molecule has 0 radical (unpaired) electrons. The summed E-state index contributed by atoms with van der Waals surface area (Å²) in [4.78, 5) is 46.5. The number of pyridine rings is 2. The van der Waals surface area contributed by atoms with Crippen LogP contribution in [0.3, 0.4) is 0 Å². The molecule has 11 heteroatoms. The first-order valence-corrected chi connectivity index (χ1v) is 14.8. The van der Waals surface area contributed by atoms with E-state index in [9.17, 15) is 19.5 Å². The number of carboxylic acids is 1. The van der Waals surface area contributed by atoms with Gasteiger partial charge in [-0.05, 0) is 70.6 Å². The van der Waals surface area contributed by atoms with Crippen molar-refractivity contribution in [1.29, 1.82) is 0 Å². The summed E-state index contributed by atoms with van der Waals surface area (Å²) in [6.45, 7) is 0. The Labute approximate surface area is 255 Å². The van der Waals surface area contributed by atoms with Crippen molar-refractivity contribution in [2.75, 3.05) is 5.32 Å². The molecule has 2 aliphatic carbocycles. The first-order valence-electron chi connectivity index (χ1n) is 13.2. The first-order chi connectivity index (χ1) is 19.7. The lowest BCUT2D eigenvalue weighted by Crippen LogP contribution is -2.54. The fraction of sp³-hybridized carbons (Fsp3) is 0.300. The Morgan fingerprint density at radius 1 is 0.976 bits per heavy atom. The molecule has 3 aromatic rings. The zero-order valence-corrected chi connectivity index (χ0v) is 25.0. The quantitative estimate of drug-likeness (QED) is 0.239. The summed E-state index contributed by atoms with van der Waals surface area (Å²) in [6.07, 6.45) is 10.8. The summed E-state index contributed by atoms with van der Waals surface area (Å²) >= 11 is 15.7. The number of allylic oxidation sites excluding steroid dienone is 2. The molecule has 2 aliphatic rings. The Morgan fingerprint density at radius 2 is 1.61 bits per heavy atom. The van der Waals surface area contributed by atoms with Crippen molar-refractivity contribution in [2.24, 2.45) is 5.41 Å². The van der Waals surface area contributed by atoms with Gasteiger partial charge in [-0.3, -0.25) is 19.6 Å². The Morgan fingerprint density at radius 3 is 2.22 bits per heavy atom. The molecule has 1 saturated carbocycles. The minimum Gasteiger partial charge on any atom is -0.480 e. The number of rotatable bonds is 9. The average Bonchev–Trinajstić information content (AvgIpc) is 2.97. The molecule has 212 valence electrons. The van der Waals surface area contributed by atoms with E-state index in [0.717, 1.165) is 30.4 Å². The third-order valence-corrected chi connectivity index (χ3v) is 9.22. The summed E-state index contributed by atoms with van der Waals surface area (Å²) < 4.78 is 0.430. The molecule has 0 bridgehead atoms. The van der Waals surface area contributed by atoms with Crippen LogP contribution in [0.4, 0.5) is 5.69 Å². The second-order valence-corrected chi connectivity index (χ2v) is 11.9. The van der Waals surface area contributed by atoms with E-state index in [1.807, 2.05) is 12.1 Å². The molecule has 1 unspecified atom stereocenters. The van der Waals surface area contributed by atoms with Crippen LogP contribution in [-0.4, -0.2) is 38.8 Å². The molecule has 1 spiro atoms. The van der Waals surface area contributed by atoms with E-state index in [1.54, 1.807) is 36.7 Å². The van der Waals surface area contributed by atoms with Crippen molar-refractivity contribution in [2.45, 2.75) is 50.5 Å². The van der Waals surface area contributed by atoms with Gasteiger partial charge < -0.3 is 15.7 Å². The molecule has 1 amide bonds. The number of hydrogen-bond acceptors (Lipinski definition) is 6. The Balaban J connectivity index is 1.44. The summed E-state index contributed by atoms with van der Waals surface area (Å²) in [6, 6.07) is 9.69. The van der Waals surface area contributed by atoms with Crippen LogP contribution in [-0.2, 0) is 16.0 Å². The second kappa shape index (κ2) is 12.3. The Hall–Kier alpha value is -3.27. The minimum absolute atomic E-state index is 0.0454. The van der Waals surface area contributed by atoms with Crippen molar-refractivity contribution in [3.05, 3.63) is 98.1 Å². The van der Waals surface area contributed by atoms with Gasteiger partial charge in [-0.1, -0.05) is 54.6 Å². The van der Waals surface area contributed by atoms with Gasteiger partial charge in [0.15, 0.2) is 5.78 Å². The van der Waals surface area contributed by atoms with Gasteiger partial charge in [0, 0.05) is 42.1 Å². The molecule has 1 aromatic carbocycles. The highest BCUT2D eigenvalue weighted by Gasteiger charge is 2.54. The van der Waals surface area contributed by atoms with Gasteiger partial charge >= 0.3 is 5.97 Å². The highest BCUT2D eigenvalue weighted by atomic mass is 79.9. The van der Waals surface area contributed by atoms with Gasteiger partial charge in [0.05, 0.1) is 25.5 Å². The van der Waals surface area contributed by atoms with Gasteiger partial charge in [0.2, 0.25) is 0 Å². The van der Waals surface area contributed by atoms with Gasteiger partial charge in [0.25, 0.3) is 5.91 Å². The van der Waals surface area contributed by atoms with Crippen molar-refractivity contribution in [3.63, 3.8) is 0 Å². The number of nitrogens with one attached hydrogen (secondary N) is 2. The molecule has 1 fully saturated rings. The standard InChI is InChI=1S/C30H27BrCl2N4O4/c31-24-26(30(27(24)38)10-2-1-3-11-30)37-25(29(40)41)20(14-17-8-12-34-13-9-17)18-4-6-19(7-5-18)36-28(39)23-21(32)15-35-16-22(23)33/h4-9,12-13,15-16,20,25,37H,1-3,10-11,14H2,(H,36,39)(H,40,41)/t20?,25-/m0/s1. The van der Waals surface area contributed by atoms with Crippen molar-refractivity contribution in [3.8, 4) is 0 Å². The number of nitrogens with zero attached hydrogens (tertiary/aromatic N) is 2. The number of ketones is 1. The van der Waals surface area contributed by atoms with E-state index in [4.69, 9.17) is 23.2 Å². The van der Waals surface area contributed by atoms with Crippen LogP contribution in [0.1, 0.15) is 59.5 Å². The zero-order chi connectivity index (χ0) is 29.1. The molecule has 8 nitrogen and oxygen atoms in total. The third-order valence-electron chi connectivity index (χ3n) is 7.89. The van der Waals surface area contributed by atoms with Gasteiger partial charge in [-0.25, -0.2) is 4.79 Å². The Kier molecular flexibility index (Phi) is 8.77. The summed E-state index contributed by atoms with van der Waals surface area (Å²) in [5.74, 6) is -1.98. The monoisotopic (exact) mass is 656 g/mol. The summed E-state index contributed by atoms with van der Waals surface area (Å²) in [5.41, 5.74) is 2.31. The van der Waals surface area contributed by atoms with Crippen LogP contribution in [0.15, 0.2) is 71.4 Å². The predicted molar refractivity (Wildman–Crippen MR) is 160 cm³/mol. The third kappa shape index (κ3) is 5.89. The van der Waals surface area contributed by atoms with E-state index >= 15 is 0 Å². The molecule has 2 atom stereocenters. The molecule has 2 aromatic heterocycles. The van der Waals surface area contributed by atoms with Gasteiger partial charge in [-0.15, -0.1) is 0 Å². The van der Waals surface area contributed by atoms with E-state index in [2.05, 4.69) is 36.5 Å². The maximum absolute atomic E-state index is 12.9. The highest BCUT2D eigenvalue weighted by molar-refractivity contribution is 9.12. The first kappa shape index (κ1) is 29.2. The molecule has 5 rings (SSSR count). The molecule has 41 heavy (non-hydrogen) atoms. The van der Waals surface area contributed by atoms with E-state index in [-0.39, 0.29) is 21.4 Å². The largest absolute Gasteiger partial charge is 0.480 e. The maximum atomic E-state index is 12.9. The van der Waals surface area contributed by atoms with Crippen LogP contribution in [0.2, 0.25) is 10.0 Å². The lowest BCUT2D eigenvalue weighted by Gasteiger charge is -2.46. The van der Waals surface area contributed by atoms with Crippen LogP contribution < -0.4 is 10.6 Å². The maximum Gasteiger partial charge on any atom is 0.326 e. The zero-order valence-electron chi connectivity index (χ0n) is 21.9. The molecular formula is C30H27BrCl2N4O4. The normalized spacial score (nSPS) is 17.5. The average molecular weight is 658 g/mol. The lowest BCUT2D eigenvalue weighted by atomic mass is 9.62. The van der Waals surface area contributed by atoms with Crippen molar-refractivity contribution < 1.29 is 19.5 Å². The molecule has 0 aliphatic heterocycles. The number of benzene rings is 1. The summed E-state index contributed by atoms with van der Waals surface area (Å²) in [5, 5.41) is 16.8. The SMILES string of the molecule is O=C(Nc1ccc(C(Cc2ccncc2)[C@H](NC2=C(Br)C(=O)C23CCCCC3)C(=O)O)cc1)c1c(Cl)cncc1Cl. The number of carbonyl (C=O) groups excluding carboxylic acids is 2. The van der Waals surface area contributed by atoms with Crippen molar-refractivity contribution in [1.82, 2.24) is 15.3 Å². The fourth-order valence-corrected chi connectivity index (χ4v) is 7.15. The van der Waals surface area contributed by atoms with E-state index < -0.39 is 29.3 Å². The Bertz CT molecular complexity index is 1490. The van der Waals surface area contributed by atoms with Crippen molar-refractivity contribution >= 4 is 62.5 Å². The number of amides is 1. The molecule has 2 heterocycles. The minimum atomic E-state index is -1.03. The van der Waals surface area contributed by atoms with E-state index in [0.29, 0.717) is 35.1 Å². The molecular weight excluding hydrogens is 631 g/mol. The molecule has 0 saturated heterocycles. The number of anilines is 1. The highest BCUT2D eigenvalue weighted by Crippen LogP contribution is 2.53. The van der Waals surface area contributed by atoms with Crippen LogP contribution in [0.5, 0.6) is 0 Å². The van der Waals surface area contributed by atoms with Crippen LogP contribution >= 0.6 is 39.1 Å². The number of Topliss-reactive ketones (excluding diaryl/α,β-unsaturated/α-hetero) is 1. The molecule has 3 N–H and O–H groups in total. The number of halogens is 3. The topological polar surface area (TPSA) is 121 Å². The number of aromatic nitrogens is 2. The van der Waals surface area contributed by atoms with Gasteiger partial charge in [-0.2, -0.15) is 0 Å². The lowest BCUT2D eigenvalue weighted by molar-refractivity contribution is -0.140. The second-order valence-electron chi connectivity index (χ2n) is 10.3. The van der Waals surface area contributed by atoms with E-state index in [1.165, 1.54) is 12.4 Å². The predicted octanol–water partition coefficient (Wildman–Crippen LogP) is 6.54. The number of carboxylic acid groups (broad SMARTS) is 1. The number of hydrogen-bond donors (Lipinski definition) is 3. The van der Waals surface area contributed by atoms with Gasteiger partial charge in [0.1, 0.15) is 6.04 Å². The number of carbonyl (C=O) groups is 3. The number of aliphatic carboxylic acids is 1. The van der Waals surface area contributed by atoms with Crippen LogP contribution in [0, 0.1) is 5.41 Å². The smallest absolute Gasteiger partial charge is 0.326 e.